The number of halogens is 3. The number of ether oxygens (including phenoxy) is 2. The highest BCUT2D eigenvalue weighted by molar-refractivity contribution is 7.22. The van der Waals surface area contributed by atoms with Crippen LogP contribution in [0.1, 0.15) is 27.2 Å². The standard InChI is InChI=1S/C18H22F3N3O4S/c1-5-28-11-6-7-12-13(9-11)29-16(22-12)24-17(15(26)27-4,18(19,20)21)23-14(25)8-10(2)3/h6-7,9-10H,5,8H2,1-4H3,(H,22,24)(H,23,25)/t17-/m1/s1. The minimum absolute atomic E-state index is 0.200. The third kappa shape index (κ3) is 5.08. The van der Waals surface area contributed by atoms with Gasteiger partial charge in [-0.25, -0.2) is 9.78 Å². The number of hydrogen-bond acceptors (Lipinski definition) is 7. The van der Waals surface area contributed by atoms with Gasteiger partial charge in [0.2, 0.25) is 5.91 Å². The van der Waals surface area contributed by atoms with Gasteiger partial charge in [0.25, 0.3) is 0 Å². The average molecular weight is 433 g/mol. The van der Waals surface area contributed by atoms with E-state index in [0.29, 0.717) is 22.6 Å². The molecule has 0 aliphatic rings. The number of nitrogens with zero attached hydrogens (tertiary/aromatic N) is 1. The van der Waals surface area contributed by atoms with Gasteiger partial charge in [-0.2, -0.15) is 13.2 Å². The molecule has 160 valence electrons. The van der Waals surface area contributed by atoms with Crippen molar-refractivity contribution in [3.8, 4) is 5.75 Å². The maximum atomic E-state index is 14.0. The molecule has 1 atom stereocenters. The Morgan fingerprint density at radius 2 is 1.97 bits per heavy atom. The van der Waals surface area contributed by atoms with Gasteiger partial charge in [0.05, 0.1) is 23.9 Å². The van der Waals surface area contributed by atoms with Crippen LogP contribution in [-0.4, -0.2) is 42.4 Å². The molecule has 2 rings (SSSR count). The Balaban J connectivity index is 2.46. The van der Waals surface area contributed by atoms with Crippen LogP contribution in [0, 0.1) is 5.92 Å². The van der Waals surface area contributed by atoms with Crippen LogP contribution < -0.4 is 15.4 Å². The van der Waals surface area contributed by atoms with E-state index in [1.165, 1.54) is 0 Å². The first-order valence-corrected chi connectivity index (χ1v) is 9.61. The largest absolute Gasteiger partial charge is 0.494 e. The maximum Gasteiger partial charge on any atom is 0.442 e. The first-order valence-electron chi connectivity index (χ1n) is 8.80. The molecule has 0 saturated carbocycles. The van der Waals surface area contributed by atoms with Gasteiger partial charge in [0.1, 0.15) is 5.75 Å². The lowest BCUT2D eigenvalue weighted by Crippen LogP contribution is -2.69. The van der Waals surface area contributed by atoms with E-state index < -0.39 is 23.7 Å². The van der Waals surface area contributed by atoms with Gasteiger partial charge in [-0.1, -0.05) is 25.2 Å². The van der Waals surface area contributed by atoms with E-state index in [1.54, 1.807) is 44.3 Å². The quantitative estimate of drug-likeness (QED) is 0.487. The predicted molar refractivity (Wildman–Crippen MR) is 103 cm³/mol. The lowest BCUT2D eigenvalue weighted by molar-refractivity contribution is -0.206. The van der Waals surface area contributed by atoms with Gasteiger partial charge < -0.3 is 20.1 Å². The molecule has 0 saturated heterocycles. The van der Waals surface area contributed by atoms with Crippen LogP contribution in [0.3, 0.4) is 0 Å². The zero-order chi connectivity index (χ0) is 21.8. The van der Waals surface area contributed by atoms with Gasteiger partial charge in [0, 0.05) is 6.42 Å². The van der Waals surface area contributed by atoms with E-state index in [-0.39, 0.29) is 17.5 Å². The number of anilines is 1. The number of alkyl halides is 3. The fourth-order valence-electron chi connectivity index (χ4n) is 2.55. The van der Waals surface area contributed by atoms with E-state index in [4.69, 9.17) is 4.74 Å². The number of aromatic nitrogens is 1. The van der Waals surface area contributed by atoms with Crippen molar-refractivity contribution in [3.63, 3.8) is 0 Å². The second kappa shape index (κ2) is 8.85. The monoisotopic (exact) mass is 433 g/mol. The number of amides is 1. The molecule has 2 N–H and O–H groups in total. The van der Waals surface area contributed by atoms with Gasteiger partial charge in [-0.15, -0.1) is 0 Å². The summed E-state index contributed by atoms with van der Waals surface area (Å²) >= 11 is 0.888. The van der Waals surface area contributed by atoms with Crippen LogP contribution in [0.2, 0.25) is 0 Å². The lowest BCUT2D eigenvalue weighted by atomic mass is 10.1. The summed E-state index contributed by atoms with van der Waals surface area (Å²) in [7, 11) is 0.811. The number of carbonyl (C=O) groups excluding carboxylic acids is 2. The van der Waals surface area contributed by atoms with Crippen LogP contribution in [0.4, 0.5) is 18.3 Å². The molecule has 1 amide bonds. The van der Waals surface area contributed by atoms with Crippen LogP contribution in [-0.2, 0) is 14.3 Å². The summed E-state index contributed by atoms with van der Waals surface area (Å²) in [5, 5.41) is 3.63. The Bertz CT molecular complexity index is 885. The van der Waals surface area contributed by atoms with Crippen LogP contribution in [0.5, 0.6) is 5.75 Å². The number of thiazole rings is 1. The molecule has 0 unspecified atom stereocenters. The highest BCUT2D eigenvalue weighted by Crippen LogP contribution is 2.36. The SMILES string of the molecule is CCOc1ccc2nc(N[C@](NC(=O)CC(C)C)(C(=O)OC)C(F)(F)F)sc2c1. The molecule has 0 fully saturated rings. The first kappa shape index (κ1) is 22.7. The fourth-order valence-corrected chi connectivity index (χ4v) is 3.50. The van der Waals surface area contributed by atoms with Gasteiger partial charge in [-0.05, 0) is 31.0 Å². The summed E-state index contributed by atoms with van der Waals surface area (Å²) < 4.78 is 52.3. The minimum Gasteiger partial charge on any atom is -0.494 e. The number of hydrogen-bond donors (Lipinski definition) is 2. The van der Waals surface area contributed by atoms with Gasteiger partial charge >= 0.3 is 17.8 Å². The van der Waals surface area contributed by atoms with E-state index in [2.05, 4.69) is 15.0 Å². The third-order valence-electron chi connectivity index (χ3n) is 3.80. The first-order chi connectivity index (χ1) is 13.5. The molecule has 2 aromatic rings. The normalized spacial score (nSPS) is 13.8. The molecule has 0 radical (unpaired) electrons. The van der Waals surface area contributed by atoms with E-state index >= 15 is 0 Å². The number of fused-ring (bicyclic) bond motifs is 1. The van der Waals surface area contributed by atoms with Gasteiger partial charge in [-0.3, -0.25) is 4.79 Å². The molecular weight excluding hydrogens is 411 g/mol. The second-order valence-corrected chi connectivity index (χ2v) is 7.62. The van der Waals surface area contributed by atoms with Gasteiger partial charge in [0.15, 0.2) is 5.13 Å². The smallest absolute Gasteiger partial charge is 0.442 e. The minimum atomic E-state index is -5.19. The summed E-state index contributed by atoms with van der Waals surface area (Å²) in [5.74, 6) is -2.32. The molecule has 0 aliphatic carbocycles. The Kier molecular flexibility index (Phi) is 6.93. The van der Waals surface area contributed by atoms with Crippen molar-refractivity contribution < 1.29 is 32.2 Å². The van der Waals surface area contributed by atoms with E-state index in [9.17, 15) is 22.8 Å². The Labute approximate surface area is 169 Å². The average Bonchev–Trinajstić information content (AvgIpc) is 3.00. The molecule has 11 heteroatoms. The highest BCUT2D eigenvalue weighted by atomic mass is 32.1. The zero-order valence-corrected chi connectivity index (χ0v) is 17.2. The summed E-state index contributed by atoms with van der Waals surface area (Å²) in [4.78, 5) is 28.4. The molecule has 1 aromatic carbocycles. The van der Waals surface area contributed by atoms with Crippen molar-refractivity contribution in [3.05, 3.63) is 18.2 Å². The predicted octanol–water partition coefficient (Wildman–Crippen LogP) is 3.70. The zero-order valence-electron chi connectivity index (χ0n) is 16.3. The lowest BCUT2D eigenvalue weighted by Gasteiger charge is -2.34. The molecule has 0 bridgehead atoms. The number of esters is 1. The number of carbonyl (C=O) groups is 2. The van der Waals surface area contributed by atoms with Crippen molar-refractivity contribution in [1.29, 1.82) is 0 Å². The van der Waals surface area contributed by atoms with Crippen molar-refractivity contribution >= 4 is 38.6 Å². The Hall–Kier alpha value is -2.56. The summed E-state index contributed by atoms with van der Waals surface area (Å²) in [6, 6.07) is 4.86. The number of rotatable bonds is 8. The molecule has 0 aliphatic heterocycles. The topological polar surface area (TPSA) is 89.5 Å². The molecule has 0 spiro atoms. The summed E-state index contributed by atoms with van der Waals surface area (Å²) in [5.41, 5.74) is -3.06. The summed E-state index contributed by atoms with van der Waals surface area (Å²) in [6.07, 6.45) is -5.39. The van der Waals surface area contributed by atoms with E-state index in [1.807, 2.05) is 0 Å². The summed E-state index contributed by atoms with van der Waals surface area (Å²) in [6.45, 7) is 5.57. The van der Waals surface area contributed by atoms with Crippen LogP contribution >= 0.6 is 11.3 Å². The van der Waals surface area contributed by atoms with E-state index in [0.717, 1.165) is 18.4 Å². The van der Waals surface area contributed by atoms with Crippen LogP contribution in [0.25, 0.3) is 10.2 Å². The Morgan fingerprint density at radius 3 is 2.52 bits per heavy atom. The molecule has 7 nitrogen and oxygen atoms in total. The molecule has 1 aromatic heterocycles. The second-order valence-electron chi connectivity index (χ2n) is 6.59. The van der Waals surface area contributed by atoms with Crippen molar-refractivity contribution in [1.82, 2.24) is 10.3 Å². The number of benzene rings is 1. The van der Waals surface area contributed by atoms with Crippen molar-refractivity contribution in [2.45, 2.75) is 39.0 Å². The Morgan fingerprint density at radius 1 is 1.28 bits per heavy atom. The van der Waals surface area contributed by atoms with Crippen LogP contribution in [0.15, 0.2) is 18.2 Å². The van der Waals surface area contributed by atoms with Crippen molar-refractivity contribution in [2.24, 2.45) is 5.92 Å². The highest BCUT2D eigenvalue weighted by Gasteiger charge is 2.63. The molecule has 29 heavy (non-hydrogen) atoms. The van der Waals surface area contributed by atoms with Crippen molar-refractivity contribution in [2.75, 3.05) is 19.0 Å². The number of methoxy groups -OCH3 is 1. The maximum absolute atomic E-state index is 14.0. The molecule has 1 heterocycles. The third-order valence-corrected chi connectivity index (χ3v) is 4.74. The fraction of sp³-hybridized carbons (Fsp3) is 0.500. The number of nitrogens with one attached hydrogen (secondary N) is 2. The molecular formula is C18H22F3N3O4S.